The molecule has 3 amide bonds. The number of nitrogens with one attached hydrogen (secondary N) is 1. The van der Waals surface area contributed by atoms with Crippen molar-refractivity contribution in [3.05, 3.63) is 70.1 Å². The Hall–Kier alpha value is -2.77. The summed E-state index contributed by atoms with van der Waals surface area (Å²) in [7, 11) is 0. The molecule has 1 aliphatic heterocycles. The van der Waals surface area contributed by atoms with E-state index in [-0.39, 0.29) is 36.7 Å². The van der Waals surface area contributed by atoms with Crippen molar-refractivity contribution in [1.29, 1.82) is 0 Å². The van der Waals surface area contributed by atoms with Crippen molar-refractivity contribution < 1.29 is 19.1 Å². The minimum Gasteiger partial charge on any atom is -0.482 e. The van der Waals surface area contributed by atoms with E-state index in [1.54, 1.807) is 30.3 Å². The number of carbonyl (C=O) groups excluding carboxylic acids is 3. The molecule has 1 aliphatic rings. The van der Waals surface area contributed by atoms with Crippen LogP contribution >= 0.6 is 23.4 Å². The van der Waals surface area contributed by atoms with Crippen LogP contribution in [0.15, 0.2) is 59.5 Å². The van der Waals surface area contributed by atoms with Gasteiger partial charge < -0.3 is 10.1 Å². The third-order valence-electron chi connectivity index (χ3n) is 3.82. The van der Waals surface area contributed by atoms with Gasteiger partial charge in [0.1, 0.15) is 5.75 Å². The van der Waals surface area contributed by atoms with Crippen molar-refractivity contribution in [2.45, 2.75) is 0 Å². The molecule has 28 heavy (non-hydrogen) atoms. The van der Waals surface area contributed by atoms with Crippen LogP contribution in [0.1, 0.15) is 5.56 Å². The Morgan fingerprint density at radius 3 is 2.57 bits per heavy atom. The first-order chi connectivity index (χ1) is 13.5. The fourth-order valence-corrected chi connectivity index (χ4v) is 3.51. The minimum atomic E-state index is -0.369. The van der Waals surface area contributed by atoms with Crippen LogP contribution in [0.4, 0.5) is 4.79 Å². The van der Waals surface area contributed by atoms with Crippen LogP contribution in [0.5, 0.6) is 5.75 Å². The molecule has 0 atom stereocenters. The summed E-state index contributed by atoms with van der Waals surface area (Å²) in [6, 6.07) is 16.1. The zero-order chi connectivity index (χ0) is 19.9. The van der Waals surface area contributed by atoms with Crippen molar-refractivity contribution >= 4 is 46.5 Å². The number of halogens is 1. The van der Waals surface area contributed by atoms with Gasteiger partial charge in [0.05, 0.1) is 9.93 Å². The molecule has 0 aliphatic carbocycles. The van der Waals surface area contributed by atoms with E-state index in [0.717, 1.165) is 22.2 Å². The predicted octanol–water partition coefficient (Wildman–Crippen LogP) is 3.57. The highest BCUT2D eigenvalue weighted by Crippen LogP contribution is 2.31. The SMILES string of the molecule is O=C(COc1ccccc1Cl)NCCN1C(=O)S/C(=C\c2ccccc2)C1=O. The Morgan fingerprint density at radius 2 is 1.82 bits per heavy atom. The summed E-state index contributed by atoms with van der Waals surface area (Å²) in [5, 5.41) is 2.69. The van der Waals surface area contributed by atoms with E-state index in [2.05, 4.69) is 5.32 Å². The molecule has 1 N–H and O–H groups in total. The third-order valence-corrected chi connectivity index (χ3v) is 5.04. The molecule has 144 valence electrons. The largest absolute Gasteiger partial charge is 0.482 e. The maximum Gasteiger partial charge on any atom is 0.293 e. The van der Waals surface area contributed by atoms with Crippen LogP contribution in [0, 0.1) is 0 Å². The Balaban J connectivity index is 1.47. The highest BCUT2D eigenvalue weighted by atomic mass is 35.5. The van der Waals surface area contributed by atoms with Gasteiger partial charge in [-0.05, 0) is 35.5 Å². The lowest BCUT2D eigenvalue weighted by atomic mass is 10.2. The van der Waals surface area contributed by atoms with Crippen LogP contribution < -0.4 is 10.1 Å². The Morgan fingerprint density at radius 1 is 1.11 bits per heavy atom. The number of imide groups is 1. The van der Waals surface area contributed by atoms with Gasteiger partial charge in [-0.3, -0.25) is 19.3 Å². The molecule has 2 aromatic carbocycles. The van der Waals surface area contributed by atoms with Gasteiger partial charge in [0.15, 0.2) is 6.61 Å². The summed E-state index contributed by atoms with van der Waals surface area (Å²) in [4.78, 5) is 37.9. The molecule has 8 heteroatoms. The Kier molecular flexibility index (Phi) is 6.73. The molecule has 0 unspecified atom stereocenters. The fraction of sp³-hybridized carbons (Fsp3) is 0.150. The summed E-state index contributed by atoms with van der Waals surface area (Å²) < 4.78 is 5.34. The number of benzene rings is 2. The molecule has 3 rings (SSSR count). The van der Waals surface area contributed by atoms with Crippen molar-refractivity contribution in [3.8, 4) is 5.75 Å². The monoisotopic (exact) mass is 416 g/mol. The maximum absolute atomic E-state index is 12.4. The van der Waals surface area contributed by atoms with Crippen molar-refractivity contribution in [3.63, 3.8) is 0 Å². The quantitative estimate of drug-likeness (QED) is 0.698. The first-order valence-electron chi connectivity index (χ1n) is 8.49. The lowest BCUT2D eigenvalue weighted by Crippen LogP contribution is -2.38. The highest BCUT2D eigenvalue weighted by Gasteiger charge is 2.34. The summed E-state index contributed by atoms with van der Waals surface area (Å²) in [6.07, 6.45) is 1.68. The van der Waals surface area contributed by atoms with Crippen LogP contribution in [0.3, 0.4) is 0 Å². The molecule has 1 heterocycles. The molecule has 0 spiro atoms. The predicted molar refractivity (Wildman–Crippen MR) is 109 cm³/mol. The van der Waals surface area contributed by atoms with Gasteiger partial charge in [0.25, 0.3) is 17.1 Å². The fourth-order valence-electron chi connectivity index (χ4n) is 2.46. The molecule has 6 nitrogen and oxygen atoms in total. The van der Waals surface area contributed by atoms with Crippen LogP contribution in [0.2, 0.25) is 5.02 Å². The summed E-state index contributed by atoms with van der Waals surface area (Å²) >= 11 is 6.85. The van der Waals surface area contributed by atoms with Crippen molar-refractivity contribution in [2.24, 2.45) is 0 Å². The number of thioether (sulfide) groups is 1. The van der Waals surface area contributed by atoms with Crippen molar-refractivity contribution in [1.82, 2.24) is 10.2 Å². The third kappa shape index (κ3) is 5.15. The zero-order valence-corrected chi connectivity index (χ0v) is 16.3. The molecule has 0 radical (unpaired) electrons. The second-order valence-corrected chi connectivity index (χ2v) is 7.21. The minimum absolute atomic E-state index is 0.0919. The number of nitrogens with zero attached hydrogens (tertiary/aromatic N) is 1. The van der Waals surface area contributed by atoms with Crippen LogP contribution in [0.25, 0.3) is 6.08 Å². The second-order valence-electron chi connectivity index (χ2n) is 5.81. The molecule has 1 saturated heterocycles. The molecule has 0 aromatic heterocycles. The lowest BCUT2D eigenvalue weighted by molar-refractivity contribution is -0.125. The first kappa shape index (κ1) is 20.0. The number of para-hydroxylation sites is 1. The van der Waals surface area contributed by atoms with Gasteiger partial charge in [-0.2, -0.15) is 0 Å². The molecular formula is C20H17ClN2O4S. The Bertz CT molecular complexity index is 917. The summed E-state index contributed by atoms with van der Waals surface area (Å²) in [5.74, 6) is -0.316. The average molecular weight is 417 g/mol. The molecule has 0 saturated carbocycles. The lowest BCUT2D eigenvalue weighted by Gasteiger charge is -2.13. The molecule has 1 fully saturated rings. The summed E-state index contributed by atoms with van der Waals surface area (Å²) in [6.45, 7) is 0.0234. The topological polar surface area (TPSA) is 75.7 Å². The van der Waals surface area contributed by atoms with E-state index < -0.39 is 0 Å². The molecular weight excluding hydrogens is 400 g/mol. The standard InChI is InChI=1S/C20H17ClN2O4S/c21-15-8-4-5-9-16(15)27-13-18(24)22-10-11-23-19(25)17(28-20(23)26)12-14-6-2-1-3-7-14/h1-9,12H,10-11,13H2,(H,22,24)/b17-12-. The number of carbonyl (C=O) groups is 3. The van der Waals surface area contributed by atoms with E-state index in [1.165, 1.54) is 0 Å². The number of ether oxygens (including phenoxy) is 1. The van der Waals surface area contributed by atoms with E-state index in [0.29, 0.717) is 15.7 Å². The molecule has 0 bridgehead atoms. The first-order valence-corrected chi connectivity index (χ1v) is 9.68. The normalized spacial score (nSPS) is 15.2. The number of rotatable bonds is 7. The number of hydrogen-bond donors (Lipinski definition) is 1. The van der Waals surface area contributed by atoms with Gasteiger partial charge >= 0.3 is 0 Å². The average Bonchev–Trinajstić information content (AvgIpc) is 2.95. The van der Waals surface area contributed by atoms with E-state index in [9.17, 15) is 14.4 Å². The zero-order valence-electron chi connectivity index (χ0n) is 14.8. The summed E-state index contributed by atoms with van der Waals surface area (Å²) in [5.41, 5.74) is 0.845. The van der Waals surface area contributed by atoms with E-state index in [4.69, 9.17) is 16.3 Å². The van der Waals surface area contributed by atoms with Gasteiger partial charge in [-0.25, -0.2) is 0 Å². The maximum atomic E-state index is 12.4. The molecule has 2 aromatic rings. The van der Waals surface area contributed by atoms with Gasteiger partial charge in [-0.1, -0.05) is 54.1 Å². The van der Waals surface area contributed by atoms with E-state index >= 15 is 0 Å². The van der Waals surface area contributed by atoms with Gasteiger partial charge in [-0.15, -0.1) is 0 Å². The van der Waals surface area contributed by atoms with Crippen molar-refractivity contribution in [2.75, 3.05) is 19.7 Å². The van der Waals surface area contributed by atoms with Gasteiger partial charge in [0.2, 0.25) is 0 Å². The smallest absolute Gasteiger partial charge is 0.293 e. The second kappa shape index (κ2) is 9.43. The van der Waals surface area contributed by atoms with Gasteiger partial charge in [0, 0.05) is 13.1 Å². The number of hydrogen-bond acceptors (Lipinski definition) is 5. The number of amides is 3. The van der Waals surface area contributed by atoms with Crippen LogP contribution in [-0.4, -0.2) is 41.6 Å². The Labute approximate surface area is 171 Å². The highest BCUT2D eigenvalue weighted by molar-refractivity contribution is 8.18. The van der Waals surface area contributed by atoms with E-state index in [1.807, 2.05) is 30.3 Å². The van der Waals surface area contributed by atoms with Crippen LogP contribution in [-0.2, 0) is 9.59 Å².